The van der Waals surface area contributed by atoms with Crippen LogP contribution >= 0.6 is 0 Å². The van der Waals surface area contributed by atoms with Gasteiger partial charge in [0.1, 0.15) is 0 Å². The highest BCUT2D eigenvalue weighted by Gasteiger charge is 2.43. The third-order valence-electron chi connectivity index (χ3n) is 2.99. The molecular weight excluding hydrogens is 162 g/mol. The third-order valence-corrected chi connectivity index (χ3v) is 2.99. The first-order valence-corrected chi connectivity index (χ1v) is 4.69. The minimum atomic E-state index is -0.0410. The molecule has 1 aromatic carbocycles. The van der Waals surface area contributed by atoms with Gasteiger partial charge < -0.3 is 10.8 Å². The van der Waals surface area contributed by atoms with Gasteiger partial charge in [0, 0.05) is 11.5 Å². The van der Waals surface area contributed by atoms with Gasteiger partial charge >= 0.3 is 0 Å². The topological polar surface area (TPSA) is 46.2 Å². The Morgan fingerprint density at radius 2 is 1.92 bits per heavy atom. The zero-order valence-electron chi connectivity index (χ0n) is 7.61. The molecule has 1 aromatic rings. The predicted molar refractivity (Wildman–Crippen MR) is 52.4 cm³/mol. The average Bonchev–Trinajstić information content (AvgIpc) is 2.14. The van der Waals surface area contributed by atoms with Crippen molar-refractivity contribution in [1.82, 2.24) is 0 Å². The fourth-order valence-corrected chi connectivity index (χ4v) is 2.19. The van der Waals surface area contributed by atoms with E-state index in [1.54, 1.807) is 0 Å². The summed E-state index contributed by atoms with van der Waals surface area (Å²) in [6.07, 6.45) is 1.82. The van der Waals surface area contributed by atoms with Gasteiger partial charge in [0.25, 0.3) is 0 Å². The van der Waals surface area contributed by atoms with Gasteiger partial charge in [-0.3, -0.25) is 0 Å². The van der Waals surface area contributed by atoms with Gasteiger partial charge in [-0.2, -0.15) is 0 Å². The monoisotopic (exact) mass is 177 g/mol. The average molecular weight is 177 g/mol. The summed E-state index contributed by atoms with van der Waals surface area (Å²) in [6, 6.07) is 10.4. The Labute approximate surface area is 78.4 Å². The molecule has 3 N–H and O–H groups in total. The summed E-state index contributed by atoms with van der Waals surface area (Å²) < 4.78 is 0. The molecular formula is C11H15NO. The lowest BCUT2D eigenvalue weighted by atomic mass is 9.62. The molecule has 1 fully saturated rings. The van der Waals surface area contributed by atoms with Gasteiger partial charge in [0.15, 0.2) is 0 Å². The zero-order valence-corrected chi connectivity index (χ0v) is 7.61. The van der Waals surface area contributed by atoms with Gasteiger partial charge in [0.2, 0.25) is 0 Å². The van der Waals surface area contributed by atoms with Crippen LogP contribution in [0.2, 0.25) is 0 Å². The first-order chi connectivity index (χ1) is 6.27. The van der Waals surface area contributed by atoms with E-state index in [1.807, 2.05) is 18.2 Å². The summed E-state index contributed by atoms with van der Waals surface area (Å²) in [7, 11) is 0. The minimum absolute atomic E-state index is 0.0410. The molecule has 0 radical (unpaired) electrons. The smallest absolute Gasteiger partial charge is 0.0529 e. The molecule has 1 saturated carbocycles. The SMILES string of the molecule is NC1CC(CO)(c2ccccc2)C1. The van der Waals surface area contributed by atoms with E-state index < -0.39 is 0 Å². The molecule has 0 spiro atoms. The van der Waals surface area contributed by atoms with Crippen molar-refractivity contribution in [3.8, 4) is 0 Å². The van der Waals surface area contributed by atoms with Crippen LogP contribution in [0.25, 0.3) is 0 Å². The highest BCUT2D eigenvalue weighted by atomic mass is 16.3. The molecule has 1 aliphatic carbocycles. The highest BCUT2D eigenvalue weighted by molar-refractivity contribution is 5.29. The Morgan fingerprint density at radius 1 is 1.31 bits per heavy atom. The molecule has 2 rings (SSSR count). The van der Waals surface area contributed by atoms with Crippen LogP contribution in [-0.2, 0) is 5.41 Å². The lowest BCUT2D eigenvalue weighted by Gasteiger charge is -2.45. The molecule has 13 heavy (non-hydrogen) atoms. The number of aliphatic hydroxyl groups excluding tert-OH is 1. The summed E-state index contributed by atoms with van der Waals surface area (Å²) >= 11 is 0. The molecule has 1 aliphatic rings. The number of benzene rings is 1. The summed E-state index contributed by atoms with van der Waals surface area (Å²) in [5, 5.41) is 9.35. The van der Waals surface area contributed by atoms with Crippen LogP contribution in [0.5, 0.6) is 0 Å². The van der Waals surface area contributed by atoms with Crippen molar-refractivity contribution in [2.75, 3.05) is 6.61 Å². The van der Waals surface area contributed by atoms with E-state index in [4.69, 9.17) is 5.73 Å². The number of rotatable bonds is 2. The second-order valence-corrected chi connectivity index (χ2v) is 3.97. The van der Waals surface area contributed by atoms with E-state index in [9.17, 15) is 5.11 Å². The van der Waals surface area contributed by atoms with E-state index in [-0.39, 0.29) is 18.1 Å². The third kappa shape index (κ3) is 1.36. The molecule has 0 atom stereocenters. The number of hydrogen-bond acceptors (Lipinski definition) is 2. The van der Waals surface area contributed by atoms with E-state index >= 15 is 0 Å². The van der Waals surface area contributed by atoms with Crippen LogP contribution in [0, 0.1) is 0 Å². The summed E-state index contributed by atoms with van der Waals surface area (Å²) in [6.45, 7) is 0.213. The second kappa shape index (κ2) is 3.13. The van der Waals surface area contributed by atoms with Crippen molar-refractivity contribution in [2.45, 2.75) is 24.3 Å². The van der Waals surface area contributed by atoms with Crippen molar-refractivity contribution < 1.29 is 5.11 Å². The largest absolute Gasteiger partial charge is 0.395 e. The highest BCUT2D eigenvalue weighted by Crippen LogP contribution is 2.42. The fourth-order valence-electron chi connectivity index (χ4n) is 2.19. The van der Waals surface area contributed by atoms with E-state index in [2.05, 4.69) is 12.1 Å². The van der Waals surface area contributed by atoms with Crippen molar-refractivity contribution >= 4 is 0 Å². The Bertz CT molecular complexity index is 277. The number of aliphatic hydroxyl groups is 1. The van der Waals surface area contributed by atoms with Crippen LogP contribution in [0.4, 0.5) is 0 Å². The van der Waals surface area contributed by atoms with Gasteiger partial charge in [0.05, 0.1) is 6.61 Å². The molecule has 0 aliphatic heterocycles. The van der Waals surface area contributed by atoms with Gasteiger partial charge in [-0.1, -0.05) is 30.3 Å². The predicted octanol–water partition coefficient (Wildman–Crippen LogP) is 1.04. The Balaban J connectivity index is 2.24. The van der Waals surface area contributed by atoms with Crippen molar-refractivity contribution in [1.29, 1.82) is 0 Å². The Hall–Kier alpha value is -0.860. The fraction of sp³-hybridized carbons (Fsp3) is 0.455. The lowest BCUT2D eigenvalue weighted by Crippen LogP contribution is -2.51. The zero-order chi connectivity index (χ0) is 9.31. The van der Waals surface area contributed by atoms with E-state index in [0.717, 1.165) is 12.8 Å². The van der Waals surface area contributed by atoms with E-state index in [0.29, 0.717) is 0 Å². The quantitative estimate of drug-likeness (QED) is 0.709. The van der Waals surface area contributed by atoms with Crippen LogP contribution in [-0.4, -0.2) is 17.8 Å². The number of nitrogens with two attached hydrogens (primary N) is 1. The maximum Gasteiger partial charge on any atom is 0.0529 e. The van der Waals surface area contributed by atoms with Crippen molar-refractivity contribution in [3.05, 3.63) is 35.9 Å². The standard InChI is InChI=1S/C11H15NO/c12-10-6-11(7-10,8-13)9-4-2-1-3-5-9/h1-5,10,13H,6-8,12H2. The van der Waals surface area contributed by atoms with Crippen LogP contribution in [0.1, 0.15) is 18.4 Å². The first-order valence-electron chi connectivity index (χ1n) is 4.69. The molecule has 0 heterocycles. The molecule has 2 heteroatoms. The number of hydrogen-bond donors (Lipinski definition) is 2. The molecule has 0 bridgehead atoms. The minimum Gasteiger partial charge on any atom is -0.395 e. The lowest BCUT2D eigenvalue weighted by molar-refractivity contribution is 0.101. The molecule has 70 valence electrons. The Morgan fingerprint density at radius 3 is 2.38 bits per heavy atom. The summed E-state index contributed by atoms with van der Waals surface area (Å²) in [4.78, 5) is 0. The maximum absolute atomic E-state index is 9.35. The second-order valence-electron chi connectivity index (χ2n) is 3.97. The normalized spacial score (nSPS) is 32.6. The molecule has 2 nitrogen and oxygen atoms in total. The molecule has 0 saturated heterocycles. The van der Waals surface area contributed by atoms with Crippen LogP contribution in [0.3, 0.4) is 0 Å². The summed E-state index contributed by atoms with van der Waals surface area (Å²) in [5.74, 6) is 0. The molecule has 0 unspecified atom stereocenters. The first kappa shape index (κ1) is 8.73. The molecule has 0 amide bonds. The summed E-state index contributed by atoms with van der Waals surface area (Å²) in [5.41, 5.74) is 6.94. The van der Waals surface area contributed by atoms with Crippen LogP contribution < -0.4 is 5.73 Å². The molecule has 0 aromatic heterocycles. The maximum atomic E-state index is 9.35. The Kier molecular flexibility index (Phi) is 2.10. The van der Waals surface area contributed by atoms with Gasteiger partial charge in [-0.05, 0) is 18.4 Å². The van der Waals surface area contributed by atoms with Crippen molar-refractivity contribution in [3.63, 3.8) is 0 Å². The van der Waals surface area contributed by atoms with Gasteiger partial charge in [-0.15, -0.1) is 0 Å². The van der Waals surface area contributed by atoms with E-state index in [1.165, 1.54) is 5.56 Å². The van der Waals surface area contributed by atoms with Crippen molar-refractivity contribution in [2.24, 2.45) is 5.73 Å². The van der Waals surface area contributed by atoms with Crippen LogP contribution in [0.15, 0.2) is 30.3 Å². The van der Waals surface area contributed by atoms with Gasteiger partial charge in [-0.25, -0.2) is 0 Å².